The first kappa shape index (κ1) is 15.7. The van der Waals surface area contributed by atoms with Crippen LogP contribution in [0.15, 0.2) is 11.7 Å². The number of nitrogens with one attached hydrogen (secondary N) is 1. The second-order valence-corrected chi connectivity index (χ2v) is 6.93. The van der Waals surface area contributed by atoms with Gasteiger partial charge in [0.15, 0.2) is 0 Å². The van der Waals surface area contributed by atoms with Gasteiger partial charge in [-0.05, 0) is 36.1 Å². The highest BCUT2D eigenvalue weighted by atomic mass is 32.1. The number of aryl methyl sites for hydroxylation is 1. The van der Waals surface area contributed by atoms with Gasteiger partial charge in [-0.3, -0.25) is 4.79 Å². The number of hydrogen-bond donors (Lipinski definition) is 2. The van der Waals surface area contributed by atoms with E-state index in [0.717, 1.165) is 29.0 Å². The monoisotopic (exact) mass is 307 g/mol. The zero-order valence-electron chi connectivity index (χ0n) is 12.6. The fourth-order valence-electron chi connectivity index (χ4n) is 2.18. The van der Waals surface area contributed by atoms with Crippen LogP contribution >= 0.6 is 11.3 Å². The van der Waals surface area contributed by atoms with E-state index in [4.69, 9.17) is 5.11 Å². The zero-order valence-corrected chi connectivity index (χ0v) is 13.5. The Morgan fingerprint density at radius 1 is 1.38 bits per heavy atom. The summed E-state index contributed by atoms with van der Waals surface area (Å²) in [6.07, 6.45) is 3.38. The molecule has 2 heterocycles. The number of aromatic nitrogens is 2. The quantitative estimate of drug-likeness (QED) is 0.816. The van der Waals surface area contributed by atoms with E-state index in [-0.39, 0.29) is 11.8 Å². The number of nitrogens with zero attached hydrogens (tertiary/aromatic N) is 2. The molecule has 21 heavy (non-hydrogen) atoms. The van der Waals surface area contributed by atoms with Crippen LogP contribution in [0.1, 0.15) is 38.7 Å². The Kier molecular flexibility index (Phi) is 4.77. The Hall–Kier alpha value is -1.69. The Morgan fingerprint density at radius 3 is 2.86 bits per heavy atom. The van der Waals surface area contributed by atoms with Gasteiger partial charge in [0.1, 0.15) is 12.1 Å². The largest absolute Gasteiger partial charge is 0.481 e. The van der Waals surface area contributed by atoms with Crippen molar-refractivity contribution in [2.24, 2.45) is 5.41 Å². The average molecular weight is 307 g/mol. The van der Waals surface area contributed by atoms with Gasteiger partial charge in [0, 0.05) is 13.0 Å². The summed E-state index contributed by atoms with van der Waals surface area (Å²) in [7, 11) is 0. The summed E-state index contributed by atoms with van der Waals surface area (Å²) in [6, 6.07) is 0. The lowest BCUT2D eigenvalue weighted by Gasteiger charge is -2.24. The van der Waals surface area contributed by atoms with E-state index >= 15 is 0 Å². The molecule has 0 aliphatic heterocycles. The van der Waals surface area contributed by atoms with Crippen LogP contribution in [-0.2, 0) is 4.79 Å². The van der Waals surface area contributed by atoms with Crippen LogP contribution < -0.4 is 5.32 Å². The van der Waals surface area contributed by atoms with Gasteiger partial charge in [0.05, 0.1) is 10.2 Å². The predicted octanol–water partition coefficient (Wildman–Crippen LogP) is 3.69. The van der Waals surface area contributed by atoms with Gasteiger partial charge in [-0.1, -0.05) is 13.8 Å². The molecule has 0 aliphatic carbocycles. The molecule has 0 unspecified atom stereocenters. The molecule has 0 atom stereocenters. The maximum atomic E-state index is 10.7. The van der Waals surface area contributed by atoms with Gasteiger partial charge in [-0.15, -0.1) is 11.3 Å². The molecule has 0 amide bonds. The number of carboxylic acids is 1. The molecule has 0 fully saturated rings. The van der Waals surface area contributed by atoms with E-state index in [1.807, 2.05) is 6.92 Å². The molecule has 0 saturated heterocycles. The minimum Gasteiger partial charge on any atom is -0.481 e. The van der Waals surface area contributed by atoms with Crippen molar-refractivity contribution in [2.75, 3.05) is 11.9 Å². The molecular formula is C15H21N3O2S. The third-order valence-electron chi connectivity index (χ3n) is 3.64. The van der Waals surface area contributed by atoms with Crippen LogP contribution in [0.25, 0.3) is 10.2 Å². The van der Waals surface area contributed by atoms with Crippen molar-refractivity contribution in [2.45, 2.75) is 40.0 Å². The number of aliphatic carboxylic acids is 1. The normalized spacial score (nSPS) is 11.8. The predicted molar refractivity (Wildman–Crippen MR) is 85.9 cm³/mol. The first-order chi connectivity index (χ1) is 9.89. The van der Waals surface area contributed by atoms with Crippen molar-refractivity contribution in [1.29, 1.82) is 0 Å². The van der Waals surface area contributed by atoms with Crippen molar-refractivity contribution >= 4 is 33.3 Å². The van der Waals surface area contributed by atoms with Crippen LogP contribution in [0, 0.1) is 12.3 Å². The molecular weight excluding hydrogens is 286 g/mol. The molecule has 6 heteroatoms. The Labute approximate surface area is 128 Å². The van der Waals surface area contributed by atoms with Gasteiger partial charge < -0.3 is 10.4 Å². The number of carboxylic acid groups (broad SMARTS) is 1. The SMILES string of the molecule is Cc1csc2c(NCCC(C)(C)CCC(=O)O)ncnc12. The van der Waals surface area contributed by atoms with Gasteiger partial charge in [0.2, 0.25) is 0 Å². The van der Waals surface area contributed by atoms with E-state index < -0.39 is 5.97 Å². The van der Waals surface area contributed by atoms with Gasteiger partial charge >= 0.3 is 5.97 Å². The van der Waals surface area contributed by atoms with Crippen molar-refractivity contribution in [3.63, 3.8) is 0 Å². The van der Waals surface area contributed by atoms with E-state index in [9.17, 15) is 4.79 Å². The topological polar surface area (TPSA) is 75.1 Å². The summed E-state index contributed by atoms with van der Waals surface area (Å²) >= 11 is 1.65. The van der Waals surface area contributed by atoms with Crippen LogP contribution in [0.4, 0.5) is 5.82 Å². The summed E-state index contributed by atoms with van der Waals surface area (Å²) < 4.78 is 1.08. The maximum Gasteiger partial charge on any atom is 0.303 e. The molecule has 0 saturated carbocycles. The number of thiophene rings is 1. The molecule has 2 N–H and O–H groups in total. The summed E-state index contributed by atoms with van der Waals surface area (Å²) in [5, 5.41) is 14.2. The zero-order chi connectivity index (χ0) is 15.5. The summed E-state index contributed by atoms with van der Waals surface area (Å²) in [4.78, 5) is 19.3. The number of carbonyl (C=O) groups is 1. The minimum absolute atomic E-state index is 0.00288. The lowest BCUT2D eigenvalue weighted by Crippen LogP contribution is -2.18. The molecule has 0 spiro atoms. The van der Waals surface area contributed by atoms with E-state index in [1.165, 1.54) is 5.56 Å². The first-order valence-electron chi connectivity index (χ1n) is 7.03. The van der Waals surface area contributed by atoms with E-state index in [1.54, 1.807) is 17.7 Å². The second kappa shape index (κ2) is 6.39. The molecule has 0 bridgehead atoms. The van der Waals surface area contributed by atoms with Crippen LogP contribution in [0.5, 0.6) is 0 Å². The van der Waals surface area contributed by atoms with Crippen LogP contribution in [-0.4, -0.2) is 27.6 Å². The molecule has 5 nitrogen and oxygen atoms in total. The fourth-order valence-corrected chi connectivity index (χ4v) is 3.15. The highest BCUT2D eigenvalue weighted by Crippen LogP contribution is 2.30. The molecule has 2 aromatic heterocycles. The van der Waals surface area contributed by atoms with E-state index in [0.29, 0.717) is 6.42 Å². The minimum atomic E-state index is -0.734. The van der Waals surface area contributed by atoms with Gasteiger partial charge in [-0.2, -0.15) is 0 Å². The van der Waals surface area contributed by atoms with Crippen molar-refractivity contribution in [3.8, 4) is 0 Å². The van der Waals surface area contributed by atoms with Crippen molar-refractivity contribution in [3.05, 3.63) is 17.3 Å². The third-order valence-corrected chi connectivity index (χ3v) is 4.73. The molecule has 2 aromatic rings. The van der Waals surface area contributed by atoms with Crippen LogP contribution in [0.3, 0.4) is 0 Å². The number of hydrogen-bond acceptors (Lipinski definition) is 5. The second-order valence-electron chi connectivity index (χ2n) is 6.05. The molecule has 0 aromatic carbocycles. The molecule has 114 valence electrons. The average Bonchev–Trinajstić information content (AvgIpc) is 2.80. The maximum absolute atomic E-state index is 10.7. The highest BCUT2D eigenvalue weighted by Gasteiger charge is 2.19. The van der Waals surface area contributed by atoms with E-state index in [2.05, 4.69) is 34.5 Å². The third kappa shape index (κ3) is 4.14. The number of anilines is 1. The van der Waals surface area contributed by atoms with Crippen molar-refractivity contribution < 1.29 is 9.90 Å². The molecule has 0 aliphatic rings. The van der Waals surface area contributed by atoms with Crippen molar-refractivity contribution in [1.82, 2.24) is 9.97 Å². The fraction of sp³-hybridized carbons (Fsp3) is 0.533. The lowest BCUT2D eigenvalue weighted by molar-refractivity contribution is -0.137. The molecule has 0 radical (unpaired) electrons. The van der Waals surface area contributed by atoms with Gasteiger partial charge in [-0.25, -0.2) is 9.97 Å². The Balaban J connectivity index is 1.94. The Morgan fingerprint density at radius 2 is 2.14 bits per heavy atom. The number of fused-ring (bicyclic) bond motifs is 1. The highest BCUT2D eigenvalue weighted by molar-refractivity contribution is 7.18. The smallest absolute Gasteiger partial charge is 0.303 e. The summed E-state index contributed by atoms with van der Waals surface area (Å²) in [6.45, 7) is 7.02. The summed E-state index contributed by atoms with van der Waals surface area (Å²) in [5.74, 6) is 0.134. The van der Waals surface area contributed by atoms with Crippen LogP contribution in [0.2, 0.25) is 0 Å². The van der Waals surface area contributed by atoms with Gasteiger partial charge in [0.25, 0.3) is 0 Å². The molecule has 2 rings (SSSR count). The summed E-state index contributed by atoms with van der Waals surface area (Å²) in [5.41, 5.74) is 2.17. The Bertz CT molecular complexity index is 637. The lowest BCUT2D eigenvalue weighted by atomic mass is 9.84. The standard InChI is InChI=1S/C15H21N3O2S/c1-10-8-21-13-12(10)17-9-18-14(13)16-7-6-15(2,3)5-4-11(19)20/h8-9H,4-7H2,1-3H3,(H,19,20)(H,16,17,18). The number of rotatable bonds is 7. The first-order valence-corrected chi connectivity index (χ1v) is 7.91.